The maximum Gasteiger partial charge on any atom is 2.00 e. The minimum absolute atomic E-state index is 0. The van der Waals surface area contributed by atoms with Crippen LogP contribution in [0, 0.1) is 35.4 Å². The van der Waals surface area contributed by atoms with E-state index in [2.05, 4.69) is 24.3 Å². The first kappa shape index (κ1) is 26.6. The van der Waals surface area contributed by atoms with Crippen LogP contribution >= 0.6 is 0 Å². The van der Waals surface area contributed by atoms with Crippen LogP contribution in [-0.2, 0) is 26.2 Å². The molecule has 0 bridgehead atoms. The third kappa shape index (κ3) is 12.6. The number of hydrogen-bond acceptors (Lipinski definition) is 2. The maximum absolute atomic E-state index is 12.1. The Kier molecular flexibility index (Phi) is 14.2. The first-order valence-electron chi connectivity index (χ1n) is 8.11. The molecule has 29 heavy (non-hydrogen) atoms. The zero-order chi connectivity index (χ0) is 20.8. The van der Waals surface area contributed by atoms with Crippen LogP contribution < -0.4 is 0 Å². The fourth-order valence-corrected chi connectivity index (χ4v) is 1.64. The summed E-state index contributed by atoms with van der Waals surface area (Å²) in [5, 5.41) is 17.0. The van der Waals surface area contributed by atoms with Crippen molar-refractivity contribution in [2.45, 2.75) is 12.8 Å². The fourth-order valence-electron chi connectivity index (χ4n) is 1.64. The smallest absolute Gasteiger partial charge is 0.505 e. The van der Waals surface area contributed by atoms with Gasteiger partial charge in [0.2, 0.25) is 0 Å². The number of aromatic hydroxyl groups is 2. The topological polar surface area (TPSA) is 40.5 Å². The zero-order valence-electron chi connectivity index (χ0n) is 15.2. The third-order valence-corrected chi connectivity index (χ3v) is 2.99. The molecule has 0 aliphatic heterocycles. The molecule has 4 rings (SSSR count). The Balaban J connectivity index is 0.000000369. The fraction of sp³-hybridized carbons (Fsp3) is 0.0909. The van der Waals surface area contributed by atoms with Crippen molar-refractivity contribution in [1.29, 1.82) is 0 Å². The molecule has 0 saturated carbocycles. The molecule has 150 valence electrons. The van der Waals surface area contributed by atoms with Crippen molar-refractivity contribution in [1.82, 2.24) is 0 Å². The SMILES string of the molecule is Oc1ccc(F)cc1F.Oc1ccc(F)cc1F.[C-]1=CC=CC1.[C-]1=CC=CC1.[Zr+2]. The summed E-state index contributed by atoms with van der Waals surface area (Å²) in [4.78, 5) is 0. The van der Waals surface area contributed by atoms with E-state index in [1.54, 1.807) is 0 Å². The Morgan fingerprint density at radius 3 is 1.21 bits per heavy atom. The van der Waals surface area contributed by atoms with Crippen molar-refractivity contribution in [2.24, 2.45) is 0 Å². The Morgan fingerprint density at radius 2 is 1.03 bits per heavy atom. The minimum Gasteiger partial charge on any atom is -0.505 e. The number of phenols is 2. The van der Waals surface area contributed by atoms with Crippen molar-refractivity contribution in [3.05, 3.63) is 108 Å². The first-order chi connectivity index (χ1) is 13.4. The van der Waals surface area contributed by atoms with Gasteiger partial charge in [0.25, 0.3) is 0 Å². The summed E-state index contributed by atoms with van der Waals surface area (Å²) < 4.78 is 48.2. The summed E-state index contributed by atoms with van der Waals surface area (Å²) in [6.07, 6.45) is 20.0. The molecule has 2 aliphatic rings. The van der Waals surface area contributed by atoms with E-state index in [1.165, 1.54) is 0 Å². The number of phenolic OH excluding ortho intramolecular Hbond substituents is 2. The van der Waals surface area contributed by atoms with Gasteiger partial charge in [-0.3, -0.25) is 12.2 Å². The van der Waals surface area contributed by atoms with E-state index >= 15 is 0 Å². The van der Waals surface area contributed by atoms with E-state index in [1.807, 2.05) is 24.3 Å². The second-order valence-corrected chi connectivity index (χ2v) is 5.20. The van der Waals surface area contributed by atoms with Crippen LogP contribution in [0.1, 0.15) is 12.8 Å². The Labute approximate surface area is 186 Å². The predicted molar refractivity (Wildman–Crippen MR) is 99.2 cm³/mol. The molecule has 0 amide bonds. The summed E-state index contributed by atoms with van der Waals surface area (Å²) in [5.41, 5.74) is 0. The van der Waals surface area contributed by atoms with Crippen molar-refractivity contribution < 1.29 is 54.0 Å². The molecule has 2 aromatic carbocycles. The van der Waals surface area contributed by atoms with Gasteiger partial charge in [-0.05, 0) is 24.3 Å². The molecule has 0 spiro atoms. The van der Waals surface area contributed by atoms with Gasteiger partial charge in [-0.2, -0.15) is 12.2 Å². The average molecular weight is 482 g/mol. The van der Waals surface area contributed by atoms with Crippen LogP contribution in [0.25, 0.3) is 0 Å². The van der Waals surface area contributed by atoms with Crippen molar-refractivity contribution in [2.75, 3.05) is 0 Å². The summed E-state index contributed by atoms with van der Waals surface area (Å²) >= 11 is 0. The molecular formula is C22H18F4O2Zr. The van der Waals surface area contributed by atoms with Crippen molar-refractivity contribution >= 4 is 0 Å². The van der Waals surface area contributed by atoms with Gasteiger partial charge in [-0.25, -0.2) is 41.9 Å². The van der Waals surface area contributed by atoms with Crippen LogP contribution in [-0.4, -0.2) is 10.2 Å². The van der Waals surface area contributed by atoms with Crippen molar-refractivity contribution in [3.63, 3.8) is 0 Å². The van der Waals surface area contributed by atoms with E-state index in [0.717, 1.165) is 37.1 Å². The van der Waals surface area contributed by atoms with Crippen LogP contribution in [0.2, 0.25) is 0 Å². The molecule has 0 unspecified atom stereocenters. The second-order valence-electron chi connectivity index (χ2n) is 5.20. The van der Waals surface area contributed by atoms with Gasteiger partial charge in [0.05, 0.1) is 0 Å². The van der Waals surface area contributed by atoms with Gasteiger partial charge in [0.1, 0.15) is 11.6 Å². The Morgan fingerprint density at radius 1 is 0.655 bits per heavy atom. The number of hydrogen-bond donors (Lipinski definition) is 2. The van der Waals surface area contributed by atoms with Gasteiger partial charge in [0, 0.05) is 12.1 Å². The third-order valence-electron chi connectivity index (χ3n) is 2.99. The minimum atomic E-state index is -0.935. The quantitative estimate of drug-likeness (QED) is 0.361. The van der Waals surface area contributed by atoms with E-state index in [9.17, 15) is 17.6 Å². The molecule has 0 heterocycles. The van der Waals surface area contributed by atoms with Gasteiger partial charge >= 0.3 is 26.2 Å². The normalized spacial score (nSPS) is 12.0. The van der Waals surface area contributed by atoms with E-state index < -0.39 is 34.8 Å². The second kappa shape index (κ2) is 15.5. The summed E-state index contributed by atoms with van der Waals surface area (Å²) in [7, 11) is 0. The van der Waals surface area contributed by atoms with Gasteiger partial charge in [0.15, 0.2) is 23.1 Å². The molecule has 7 heteroatoms. The largest absolute Gasteiger partial charge is 2.00 e. The average Bonchev–Trinajstić information content (AvgIpc) is 3.41. The molecule has 2 aromatic rings. The molecule has 2 aliphatic carbocycles. The van der Waals surface area contributed by atoms with E-state index in [-0.39, 0.29) is 26.2 Å². The van der Waals surface area contributed by atoms with Crippen LogP contribution in [0.3, 0.4) is 0 Å². The van der Waals surface area contributed by atoms with E-state index in [4.69, 9.17) is 10.2 Å². The molecule has 2 nitrogen and oxygen atoms in total. The Hall–Kier alpha value is -2.40. The Bertz CT molecular complexity index is 770. The first-order valence-corrected chi connectivity index (χ1v) is 8.11. The summed E-state index contributed by atoms with van der Waals surface area (Å²) in [6, 6.07) is 5.14. The van der Waals surface area contributed by atoms with Crippen molar-refractivity contribution in [3.8, 4) is 11.5 Å². The van der Waals surface area contributed by atoms with Crippen LogP contribution in [0.15, 0.2) is 72.9 Å². The van der Waals surface area contributed by atoms with Crippen LogP contribution in [0.5, 0.6) is 11.5 Å². The molecular weight excluding hydrogens is 463 g/mol. The monoisotopic (exact) mass is 480 g/mol. The van der Waals surface area contributed by atoms with Gasteiger partial charge in [-0.15, -0.1) is 12.8 Å². The molecule has 2 N–H and O–H groups in total. The maximum atomic E-state index is 12.1. The van der Waals surface area contributed by atoms with E-state index in [0.29, 0.717) is 12.1 Å². The number of benzene rings is 2. The molecule has 0 fully saturated rings. The molecule has 0 aromatic heterocycles. The van der Waals surface area contributed by atoms with Crippen LogP contribution in [0.4, 0.5) is 17.6 Å². The standard InChI is InChI=1S/2C6H4F2O.2C5H5.Zr/c2*7-4-1-2-6(9)5(8)3-4;2*1-2-4-5-3-1;/h2*1-3,9H;2*1-3H,4H2;/q;;2*-1;+2. The zero-order valence-corrected chi connectivity index (χ0v) is 17.7. The van der Waals surface area contributed by atoms with Gasteiger partial charge in [-0.1, -0.05) is 0 Å². The molecule has 0 radical (unpaired) electrons. The number of rotatable bonds is 0. The summed E-state index contributed by atoms with van der Waals surface area (Å²) in [6.45, 7) is 0. The molecule has 0 atom stereocenters. The summed E-state index contributed by atoms with van der Waals surface area (Å²) in [5.74, 6) is -4.31. The van der Waals surface area contributed by atoms with Gasteiger partial charge < -0.3 is 10.2 Å². The number of halogens is 4. The number of allylic oxidation sites excluding steroid dienone is 8. The molecule has 0 saturated heterocycles. The predicted octanol–water partition coefficient (Wildman–Crippen LogP) is 5.95.